The van der Waals surface area contributed by atoms with Crippen LogP contribution in [-0.2, 0) is 19.0 Å². The van der Waals surface area contributed by atoms with Gasteiger partial charge in [-0.05, 0) is 26.2 Å². The average molecular weight is 299 g/mol. The summed E-state index contributed by atoms with van der Waals surface area (Å²) >= 11 is 0. The molecule has 1 atom stereocenters. The topological polar surface area (TPSA) is 56.8 Å². The summed E-state index contributed by atoms with van der Waals surface area (Å²) in [6.07, 6.45) is 6.63. The van der Waals surface area contributed by atoms with Crippen molar-refractivity contribution in [1.29, 1.82) is 0 Å². The maximum Gasteiger partial charge on any atom is 0.248 e. The van der Waals surface area contributed by atoms with E-state index in [1.54, 1.807) is 0 Å². The van der Waals surface area contributed by atoms with E-state index in [4.69, 9.17) is 14.2 Å². The lowest BCUT2D eigenvalue weighted by atomic mass is 9.91. The van der Waals surface area contributed by atoms with Crippen molar-refractivity contribution in [2.45, 2.75) is 76.8 Å². The first kappa shape index (κ1) is 16.7. The molecule has 1 heterocycles. The van der Waals surface area contributed by atoms with Crippen LogP contribution in [0.15, 0.2) is 0 Å². The first-order chi connectivity index (χ1) is 10.2. The smallest absolute Gasteiger partial charge is 0.248 e. The van der Waals surface area contributed by atoms with Crippen LogP contribution in [0.4, 0.5) is 0 Å². The summed E-state index contributed by atoms with van der Waals surface area (Å²) in [5.74, 6) is -0.356. The molecule has 0 aromatic heterocycles. The van der Waals surface area contributed by atoms with Crippen LogP contribution in [0.3, 0.4) is 0 Å². The summed E-state index contributed by atoms with van der Waals surface area (Å²) in [7, 11) is 0. The monoisotopic (exact) mass is 299 g/mol. The molecule has 1 amide bonds. The van der Waals surface area contributed by atoms with Crippen molar-refractivity contribution in [2.75, 3.05) is 19.8 Å². The standard InChI is InChI=1S/C16H29NO4/c1-3-4-5-10-17-15(18)13(2)21-14-6-8-16(9-7-14)19-11-12-20-16/h13-14H,3-12H2,1-2H3,(H,17,18). The Morgan fingerprint density at radius 3 is 2.57 bits per heavy atom. The zero-order valence-electron chi connectivity index (χ0n) is 13.4. The summed E-state index contributed by atoms with van der Waals surface area (Å²) in [4.78, 5) is 11.9. The molecule has 21 heavy (non-hydrogen) atoms. The molecule has 2 aliphatic rings. The molecular formula is C16H29NO4. The third-order valence-corrected chi connectivity index (χ3v) is 4.35. The van der Waals surface area contributed by atoms with Crippen LogP contribution >= 0.6 is 0 Å². The van der Waals surface area contributed by atoms with Crippen LogP contribution in [0.2, 0.25) is 0 Å². The minimum atomic E-state index is -0.379. The molecule has 2 fully saturated rings. The maximum atomic E-state index is 11.9. The van der Waals surface area contributed by atoms with Crippen molar-refractivity contribution < 1.29 is 19.0 Å². The van der Waals surface area contributed by atoms with Crippen molar-refractivity contribution >= 4 is 5.91 Å². The summed E-state index contributed by atoms with van der Waals surface area (Å²) in [5, 5.41) is 2.94. The highest BCUT2D eigenvalue weighted by molar-refractivity contribution is 5.80. The predicted molar refractivity (Wildman–Crippen MR) is 80.0 cm³/mol. The summed E-state index contributed by atoms with van der Waals surface area (Å²) < 4.78 is 17.3. The van der Waals surface area contributed by atoms with Gasteiger partial charge < -0.3 is 19.5 Å². The number of unbranched alkanes of at least 4 members (excludes halogenated alkanes) is 2. The predicted octanol–water partition coefficient (Wildman–Crippen LogP) is 2.38. The molecule has 1 aliphatic carbocycles. The number of carbonyl (C=O) groups is 1. The molecular weight excluding hydrogens is 270 g/mol. The zero-order chi connectivity index (χ0) is 15.1. The summed E-state index contributed by atoms with van der Waals surface area (Å²) in [5.41, 5.74) is 0. The second-order valence-corrected chi connectivity index (χ2v) is 6.08. The summed E-state index contributed by atoms with van der Waals surface area (Å²) in [6, 6.07) is 0. The van der Waals surface area contributed by atoms with E-state index >= 15 is 0 Å². The SMILES string of the molecule is CCCCCNC(=O)C(C)OC1CCC2(CC1)OCCO2. The zero-order valence-corrected chi connectivity index (χ0v) is 13.4. The highest BCUT2D eigenvalue weighted by Crippen LogP contribution is 2.36. The lowest BCUT2D eigenvalue weighted by Crippen LogP contribution is -2.41. The van der Waals surface area contributed by atoms with Gasteiger partial charge in [0.1, 0.15) is 6.10 Å². The van der Waals surface area contributed by atoms with Gasteiger partial charge in [0.05, 0.1) is 19.3 Å². The van der Waals surface area contributed by atoms with Crippen molar-refractivity contribution in [3.05, 3.63) is 0 Å². The Hall–Kier alpha value is -0.650. The Bertz CT molecular complexity index is 318. The van der Waals surface area contributed by atoms with Crippen LogP contribution in [0.25, 0.3) is 0 Å². The van der Waals surface area contributed by atoms with E-state index in [2.05, 4.69) is 12.2 Å². The van der Waals surface area contributed by atoms with Crippen molar-refractivity contribution in [1.82, 2.24) is 5.32 Å². The molecule has 2 rings (SSSR count). The Morgan fingerprint density at radius 2 is 1.95 bits per heavy atom. The van der Waals surface area contributed by atoms with Gasteiger partial charge in [-0.15, -0.1) is 0 Å². The molecule has 0 aromatic rings. The fourth-order valence-corrected chi connectivity index (χ4v) is 3.03. The minimum absolute atomic E-state index is 0.000226. The summed E-state index contributed by atoms with van der Waals surface area (Å²) in [6.45, 7) is 6.13. The van der Waals surface area contributed by atoms with E-state index < -0.39 is 0 Å². The van der Waals surface area contributed by atoms with Gasteiger partial charge in [-0.25, -0.2) is 0 Å². The second-order valence-electron chi connectivity index (χ2n) is 6.08. The minimum Gasteiger partial charge on any atom is -0.365 e. The van der Waals surface area contributed by atoms with Gasteiger partial charge in [0, 0.05) is 19.4 Å². The quantitative estimate of drug-likeness (QED) is 0.733. The molecule has 1 saturated carbocycles. The maximum absolute atomic E-state index is 11.9. The van der Waals surface area contributed by atoms with Crippen LogP contribution in [0.1, 0.15) is 58.8 Å². The van der Waals surface area contributed by atoms with Crippen LogP contribution < -0.4 is 5.32 Å². The fourth-order valence-electron chi connectivity index (χ4n) is 3.03. The highest BCUT2D eigenvalue weighted by atomic mass is 16.7. The Balaban J connectivity index is 1.64. The number of ether oxygens (including phenoxy) is 3. The van der Waals surface area contributed by atoms with E-state index in [1.165, 1.54) is 0 Å². The number of carbonyl (C=O) groups excluding carboxylic acids is 1. The normalized spacial score (nSPS) is 23.3. The third-order valence-electron chi connectivity index (χ3n) is 4.35. The number of hydrogen-bond donors (Lipinski definition) is 1. The number of hydrogen-bond acceptors (Lipinski definition) is 4. The van der Waals surface area contributed by atoms with Gasteiger partial charge in [-0.2, -0.15) is 0 Å². The van der Waals surface area contributed by atoms with Gasteiger partial charge in [-0.1, -0.05) is 19.8 Å². The van der Waals surface area contributed by atoms with E-state index in [-0.39, 0.29) is 23.9 Å². The molecule has 1 N–H and O–H groups in total. The number of nitrogens with one attached hydrogen (secondary N) is 1. The lowest BCUT2D eigenvalue weighted by molar-refractivity contribution is -0.195. The van der Waals surface area contributed by atoms with Gasteiger partial charge >= 0.3 is 0 Å². The molecule has 0 aromatic carbocycles. The van der Waals surface area contributed by atoms with Gasteiger partial charge in [0.2, 0.25) is 5.91 Å². The Labute approximate surface area is 127 Å². The first-order valence-corrected chi connectivity index (χ1v) is 8.36. The fraction of sp³-hybridized carbons (Fsp3) is 0.938. The highest BCUT2D eigenvalue weighted by Gasteiger charge is 2.41. The molecule has 5 heteroatoms. The molecule has 1 saturated heterocycles. The van der Waals surface area contributed by atoms with Crippen LogP contribution in [-0.4, -0.2) is 43.7 Å². The number of amides is 1. The van der Waals surface area contributed by atoms with Crippen LogP contribution in [0.5, 0.6) is 0 Å². The van der Waals surface area contributed by atoms with E-state index in [1.807, 2.05) is 6.92 Å². The average Bonchev–Trinajstić information content (AvgIpc) is 2.94. The molecule has 1 aliphatic heterocycles. The Morgan fingerprint density at radius 1 is 1.29 bits per heavy atom. The van der Waals surface area contributed by atoms with Gasteiger partial charge in [-0.3, -0.25) is 4.79 Å². The van der Waals surface area contributed by atoms with Crippen LogP contribution in [0, 0.1) is 0 Å². The molecule has 0 bridgehead atoms. The lowest BCUT2D eigenvalue weighted by Gasteiger charge is -2.36. The second kappa shape index (κ2) is 8.11. The van der Waals surface area contributed by atoms with Crippen molar-refractivity contribution in [2.24, 2.45) is 0 Å². The van der Waals surface area contributed by atoms with E-state index in [9.17, 15) is 4.79 Å². The van der Waals surface area contributed by atoms with E-state index in [0.717, 1.165) is 51.5 Å². The molecule has 1 spiro atoms. The van der Waals surface area contributed by atoms with E-state index in [0.29, 0.717) is 13.2 Å². The van der Waals surface area contributed by atoms with Crippen molar-refractivity contribution in [3.63, 3.8) is 0 Å². The first-order valence-electron chi connectivity index (χ1n) is 8.36. The molecule has 0 radical (unpaired) electrons. The number of rotatable bonds is 7. The molecule has 5 nitrogen and oxygen atoms in total. The van der Waals surface area contributed by atoms with Crippen molar-refractivity contribution in [3.8, 4) is 0 Å². The molecule has 122 valence electrons. The Kier molecular flexibility index (Phi) is 6.45. The molecule has 1 unspecified atom stereocenters. The van der Waals surface area contributed by atoms with Gasteiger partial charge in [0.15, 0.2) is 5.79 Å². The van der Waals surface area contributed by atoms with Gasteiger partial charge in [0.25, 0.3) is 0 Å². The third kappa shape index (κ3) is 4.94. The largest absolute Gasteiger partial charge is 0.365 e.